The Morgan fingerprint density at radius 2 is 1.97 bits per heavy atom. The molecule has 5 rings (SSSR count). The molecule has 0 radical (unpaired) electrons. The lowest BCUT2D eigenvalue weighted by Gasteiger charge is -2.58. The SMILES string of the molecule is CC(C)COc1c(C(=O)N[C@H]2C3CC4CC2C[C@](O)(C4)C3)cnn1/C=C/C(C)(C)NC(=O)O. The van der Waals surface area contributed by atoms with Crippen LogP contribution in [0, 0.1) is 23.7 Å². The van der Waals surface area contributed by atoms with E-state index in [1.807, 2.05) is 13.8 Å². The molecule has 1 aromatic rings. The van der Waals surface area contributed by atoms with E-state index < -0.39 is 17.2 Å². The highest BCUT2D eigenvalue weighted by Gasteiger charge is 2.55. The van der Waals surface area contributed by atoms with E-state index in [2.05, 4.69) is 15.7 Å². The minimum Gasteiger partial charge on any atom is -0.477 e. The molecule has 4 N–H and O–H groups in total. The molecule has 4 saturated carbocycles. The van der Waals surface area contributed by atoms with Gasteiger partial charge in [0.05, 0.1) is 23.9 Å². The second kappa shape index (κ2) is 8.66. The first-order valence-electron chi connectivity index (χ1n) is 11.9. The van der Waals surface area contributed by atoms with Crippen LogP contribution < -0.4 is 15.4 Å². The van der Waals surface area contributed by atoms with Gasteiger partial charge in [0.25, 0.3) is 5.91 Å². The van der Waals surface area contributed by atoms with E-state index in [-0.39, 0.29) is 17.9 Å². The van der Waals surface area contributed by atoms with Crippen molar-refractivity contribution in [2.75, 3.05) is 6.61 Å². The third-order valence-electron chi connectivity index (χ3n) is 7.15. The molecular formula is C24H36N4O5. The second-order valence-corrected chi connectivity index (χ2v) is 11.2. The summed E-state index contributed by atoms with van der Waals surface area (Å²) in [4.78, 5) is 24.3. The summed E-state index contributed by atoms with van der Waals surface area (Å²) < 4.78 is 7.45. The Balaban J connectivity index is 1.53. The number of carbonyl (C=O) groups excluding carboxylic acids is 1. The molecule has 33 heavy (non-hydrogen) atoms. The van der Waals surface area contributed by atoms with Crippen LogP contribution >= 0.6 is 0 Å². The first-order valence-corrected chi connectivity index (χ1v) is 11.9. The van der Waals surface area contributed by atoms with Crippen molar-refractivity contribution in [1.29, 1.82) is 0 Å². The summed E-state index contributed by atoms with van der Waals surface area (Å²) in [6.07, 6.45) is 8.20. The molecule has 0 aromatic carbocycles. The van der Waals surface area contributed by atoms with Gasteiger partial charge < -0.3 is 25.6 Å². The number of nitrogens with one attached hydrogen (secondary N) is 2. The maximum atomic E-state index is 13.3. The minimum absolute atomic E-state index is 0.0601. The highest BCUT2D eigenvalue weighted by Crippen LogP contribution is 2.55. The first kappa shape index (κ1) is 23.6. The Hall–Kier alpha value is -2.55. The van der Waals surface area contributed by atoms with E-state index in [1.165, 1.54) is 10.9 Å². The Labute approximate surface area is 194 Å². The first-order chi connectivity index (χ1) is 15.4. The van der Waals surface area contributed by atoms with Gasteiger partial charge in [0, 0.05) is 12.2 Å². The number of ether oxygens (including phenoxy) is 1. The van der Waals surface area contributed by atoms with Crippen molar-refractivity contribution in [3.63, 3.8) is 0 Å². The van der Waals surface area contributed by atoms with Crippen LogP contribution in [0.15, 0.2) is 12.3 Å². The van der Waals surface area contributed by atoms with Gasteiger partial charge in [0.15, 0.2) is 0 Å². The van der Waals surface area contributed by atoms with E-state index in [4.69, 9.17) is 9.84 Å². The van der Waals surface area contributed by atoms with Gasteiger partial charge in [-0.3, -0.25) is 4.79 Å². The lowest BCUT2D eigenvalue weighted by atomic mass is 9.52. The van der Waals surface area contributed by atoms with Crippen LogP contribution in [0.4, 0.5) is 4.79 Å². The maximum Gasteiger partial charge on any atom is 0.405 e. The van der Waals surface area contributed by atoms with E-state index >= 15 is 0 Å². The molecule has 0 aliphatic heterocycles. The monoisotopic (exact) mass is 460 g/mol. The summed E-state index contributed by atoms with van der Waals surface area (Å²) in [5.41, 5.74) is -1.01. The molecule has 9 nitrogen and oxygen atoms in total. The average Bonchev–Trinajstić information content (AvgIpc) is 3.08. The number of rotatable bonds is 8. The number of carboxylic acid groups (broad SMARTS) is 1. The third kappa shape index (κ3) is 5.18. The number of hydrogen-bond donors (Lipinski definition) is 4. The number of hydrogen-bond acceptors (Lipinski definition) is 5. The molecule has 0 saturated heterocycles. The molecule has 9 heteroatoms. The van der Waals surface area contributed by atoms with E-state index in [1.54, 1.807) is 26.1 Å². The van der Waals surface area contributed by atoms with E-state index in [9.17, 15) is 14.7 Å². The summed E-state index contributed by atoms with van der Waals surface area (Å²) in [5, 5.41) is 29.8. The smallest absolute Gasteiger partial charge is 0.405 e. The Kier molecular flexibility index (Phi) is 6.20. The maximum absolute atomic E-state index is 13.3. The van der Waals surface area contributed by atoms with Gasteiger partial charge in [-0.05, 0) is 75.7 Å². The van der Waals surface area contributed by atoms with Crippen LogP contribution in [-0.4, -0.2) is 55.8 Å². The van der Waals surface area contributed by atoms with Gasteiger partial charge in [-0.2, -0.15) is 5.10 Å². The Morgan fingerprint density at radius 3 is 2.55 bits per heavy atom. The van der Waals surface area contributed by atoms with Crippen molar-refractivity contribution >= 4 is 18.2 Å². The van der Waals surface area contributed by atoms with Gasteiger partial charge in [-0.15, -0.1) is 0 Å². The zero-order chi connectivity index (χ0) is 24.0. The molecule has 0 spiro atoms. The molecule has 4 aliphatic carbocycles. The molecule has 4 bridgehead atoms. The van der Waals surface area contributed by atoms with Crippen LogP contribution in [0.3, 0.4) is 0 Å². The number of aromatic nitrogens is 2. The van der Waals surface area contributed by atoms with Crippen LogP contribution in [-0.2, 0) is 0 Å². The fraction of sp³-hybridized carbons (Fsp3) is 0.708. The fourth-order valence-corrected chi connectivity index (χ4v) is 6.02. The molecule has 1 heterocycles. The van der Waals surface area contributed by atoms with Gasteiger partial charge in [-0.1, -0.05) is 13.8 Å². The predicted octanol–water partition coefficient (Wildman–Crippen LogP) is 3.10. The average molecular weight is 461 g/mol. The van der Waals surface area contributed by atoms with Crippen LogP contribution in [0.5, 0.6) is 5.88 Å². The van der Waals surface area contributed by atoms with Crippen molar-refractivity contribution in [2.24, 2.45) is 23.7 Å². The minimum atomic E-state index is -1.12. The van der Waals surface area contributed by atoms with Gasteiger partial charge in [-0.25, -0.2) is 9.48 Å². The molecule has 2 unspecified atom stereocenters. The van der Waals surface area contributed by atoms with Gasteiger partial charge in [0.1, 0.15) is 5.56 Å². The molecule has 1 aromatic heterocycles. The molecule has 2 amide bonds. The Morgan fingerprint density at radius 1 is 1.30 bits per heavy atom. The van der Waals surface area contributed by atoms with Crippen molar-refractivity contribution in [2.45, 2.75) is 77.0 Å². The van der Waals surface area contributed by atoms with Crippen molar-refractivity contribution in [3.8, 4) is 5.88 Å². The number of carbonyl (C=O) groups is 2. The van der Waals surface area contributed by atoms with Gasteiger partial charge >= 0.3 is 6.09 Å². The van der Waals surface area contributed by atoms with Crippen molar-refractivity contribution in [1.82, 2.24) is 20.4 Å². The summed E-state index contributed by atoms with van der Waals surface area (Å²) >= 11 is 0. The highest BCUT2D eigenvalue weighted by molar-refractivity contribution is 5.96. The molecule has 182 valence electrons. The number of amides is 2. The van der Waals surface area contributed by atoms with E-state index in [0.29, 0.717) is 35.8 Å². The van der Waals surface area contributed by atoms with Crippen molar-refractivity contribution < 1.29 is 24.5 Å². The summed E-state index contributed by atoms with van der Waals surface area (Å²) in [5.74, 6) is 1.56. The van der Waals surface area contributed by atoms with Crippen molar-refractivity contribution in [3.05, 3.63) is 17.8 Å². The normalized spacial score (nSPS) is 30.7. The molecule has 2 atom stereocenters. The third-order valence-corrected chi connectivity index (χ3v) is 7.15. The van der Waals surface area contributed by atoms with Crippen LogP contribution in [0.2, 0.25) is 0 Å². The zero-order valence-corrected chi connectivity index (χ0v) is 19.9. The molecule has 4 fully saturated rings. The number of aliphatic hydroxyl groups is 1. The topological polar surface area (TPSA) is 126 Å². The predicted molar refractivity (Wildman–Crippen MR) is 123 cm³/mol. The summed E-state index contributed by atoms with van der Waals surface area (Å²) in [6, 6.07) is 0.0601. The molecular weight excluding hydrogens is 424 g/mol. The summed E-state index contributed by atoms with van der Waals surface area (Å²) in [7, 11) is 0. The van der Waals surface area contributed by atoms with Crippen LogP contribution in [0.25, 0.3) is 6.20 Å². The lowest BCUT2D eigenvalue weighted by molar-refractivity contribution is -0.136. The Bertz CT molecular complexity index is 921. The molecule has 4 aliphatic rings. The highest BCUT2D eigenvalue weighted by atomic mass is 16.5. The zero-order valence-electron chi connectivity index (χ0n) is 19.9. The quantitative estimate of drug-likeness (QED) is 0.472. The summed E-state index contributed by atoms with van der Waals surface area (Å²) in [6.45, 7) is 7.91. The second-order valence-electron chi connectivity index (χ2n) is 11.2. The fourth-order valence-electron chi connectivity index (χ4n) is 6.02. The standard InChI is InChI=1S/C24H36N4O5/c1-14(2)13-33-21-18(12-25-28(21)6-5-23(3,4)27-22(30)31)20(29)26-19-16-7-15-8-17(19)11-24(32,9-15)10-16/h5-6,12,14-17,19,27,32H,7-11,13H2,1-4H3,(H,26,29)(H,30,31)/b6-5+/t15?,16?,17?,19-,24-. The largest absolute Gasteiger partial charge is 0.477 e. The van der Waals surface area contributed by atoms with E-state index in [0.717, 1.165) is 32.1 Å². The van der Waals surface area contributed by atoms with Crippen LogP contribution in [0.1, 0.15) is 70.2 Å². The number of nitrogens with zero attached hydrogens (tertiary/aromatic N) is 2. The lowest BCUT2D eigenvalue weighted by Crippen LogP contribution is -2.61. The van der Waals surface area contributed by atoms with Gasteiger partial charge in [0.2, 0.25) is 5.88 Å².